The predicted octanol–water partition coefficient (Wildman–Crippen LogP) is 3.10. The number of aromatic nitrogens is 1. The van der Waals surface area contributed by atoms with E-state index in [1.807, 2.05) is 6.20 Å². The molecule has 0 amide bonds. The first-order valence-corrected chi connectivity index (χ1v) is 9.54. The van der Waals surface area contributed by atoms with Crippen molar-refractivity contribution in [1.29, 1.82) is 0 Å². The number of hydrogen-bond acceptors (Lipinski definition) is 4. The van der Waals surface area contributed by atoms with Crippen LogP contribution in [0.25, 0.3) is 0 Å². The number of likely N-dealkylation sites (tertiary alicyclic amines) is 1. The second kappa shape index (κ2) is 11.3. The molecular formula is C17H32IN5S. The molecule has 1 fully saturated rings. The summed E-state index contributed by atoms with van der Waals surface area (Å²) in [6, 6.07) is 0. The number of halogens is 1. The smallest absolute Gasteiger partial charge is 0.191 e. The van der Waals surface area contributed by atoms with E-state index in [9.17, 15) is 0 Å². The minimum atomic E-state index is 0. The van der Waals surface area contributed by atoms with E-state index < -0.39 is 0 Å². The molecule has 24 heavy (non-hydrogen) atoms. The van der Waals surface area contributed by atoms with E-state index in [-0.39, 0.29) is 24.0 Å². The van der Waals surface area contributed by atoms with Crippen LogP contribution in [-0.2, 0) is 6.54 Å². The Morgan fingerprint density at radius 1 is 1.33 bits per heavy atom. The zero-order valence-corrected chi connectivity index (χ0v) is 18.5. The van der Waals surface area contributed by atoms with Gasteiger partial charge in [0.05, 0.1) is 6.54 Å². The summed E-state index contributed by atoms with van der Waals surface area (Å²) in [6.07, 6.45) is 3.27. The van der Waals surface area contributed by atoms with Gasteiger partial charge in [-0.1, -0.05) is 13.8 Å². The molecule has 7 heteroatoms. The van der Waals surface area contributed by atoms with Crippen LogP contribution in [0.4, 0.5) is 0 Å². The summed E-state index contributed by atoms with van der Waals surface area (Å²) in [5, 5.41) is 7.83. The van der Waals surface area contributed by atoms with Crippen molar-refractivity contribution in [2.24, 2.45) is 16.8 Å². The van der Waals surface area contributed by atoms with Gasteiger partial charge >= 0.3 is 0 Å². The van der Waals surface area contributed by atoms with Crippen LogP contribution in [0.15, 0.2) is 11.2 Å². The highest BCUT2D eigenvalue weighted by Gasteiger charge is 2.21. The zero-order valence-electron chi connectivity index (χ0n) is 15.3. The summed E-state index contributed by atoms with van der Waals surface area (Å²) in [5.74, 6) is 2.51. The van der Waals surface area contributed by atoms with Crippen molar-refractivity contribution in [3.8, 4) is 0 Å². The van der Waals surface area contributed by atoms with Crippen LogP contribution in [0.3, 0.4) is 0 Å². The standard InChI is InChI=1S/C17H31N5S.HI/c1-5-18-17(21-10-16-20-9-15(4)23-16)19-6-7-22-11-13(2)8-14(3)12-22;/h9,13-14H,5-8,10-12H2,1-4H3,(H2,18,19,21);1H. The second-order valence-corrected chi connectivity index (χ2v) is 8.01. The molecule has 2 unspecified atom stereocenters. The Labute approximate surface area is 167 Å². The third-order valence-electron chi connectivity index (χ3n) is 4.05. The van der Waals surface area contributed by atoms with Crippen molar-refractivity contribution in [2.75, 3.05) is 32.7 Å². The maximum atomic E-state index is 4.63. The lowest BCUT2D eigenvalue weighted by molar-refractivity contribution is 0.143. The molecule has 1 aromatic rings. The summed E-state index contributed by atoms with van der Waals surface area (Å²) in [6.45, 7) is 14.9. The van der Waals surface area contributed by atoms with Crippen LogP contribution in [0.2, 0.25) is 0 Å². The zero-order chi connectivity index (χ0) is 16.7. The van der Waals surface area contributed by atoms with Crippen molar-refractivity contribution in [2.45, 2.75) is 40.7 Å². The summed E-state index contributed by atoms with van der Waals surface area (Å²) in [5.41, 5.74) is 0. The van der Waals surface area contributed by atoms with Crippen LogP contribution in [0.1, 0.15) is 37.1 Å². The maximum absolute atomic E-state index is 4.63. The van der Waals surface area contributed by atoms with Gasteiger partial charge in [-0.15, -0.1) is 35.3 Å². The molecule has 0 radical (unpaired) electrons. The third kappa shape index (κ3) is 7.65. The van der Waals surface area contributed by atoms with Crippen LogP contribution in [0.5, 0.6) is 0 Å². The van der Waals surface area contributed by atoms with Gasteiger partial charge in [-0.2, -0.15) is 0 Å². The molecular weight excluding hydrogens is 433 g/mol. The van der Waals surface area contributed by atoms with E-state index in [1.165, 1.54) is 24.4 Å². The average molecular weight is 465 g/mol. The van der Waals surface area contributed by atoms with Gasteiger partial charge < -0.3 is 15.5 Å². The normalized spacial score (nSPS) is 22.1. The lowest BCUT2D eigenvalue weighted by Crippen LogP contribution is -2.45. The molecule has 5 nitrogen and oxygen atoms in total. The Hall–Kier alpha value is -0.410. The molecule has 1 aliphatic heterocycles. The summed E-state index contributed by atoms with van der Waals surface area (Å²) in [7, 11) is 0. The molecule has 1 aliphatic rings. The first kappa shape index (κ1) is 21.6. The number of aliphatic imine (C=N–C) groups is 1. The molecule has 2 N–H and O–H groups in total. The molecule has 1 saturated heterocycles. The van der Waals surface area contributed by atoms with Gasteiger partial charge in [0.25, 0.3) is 0 Å². The number of nitrogens with one attached hydrogen (secondary N) is 2. The number of aryl methyl sites for hydroxylation is 1. The fraction of sp³-hybridized carbons (Fsp3) is 0.765. The highest BCUT2D eigenvalue weighted by Crippen LogP contribution is 2.20. The van der Waals surface area contributed by atoms with Crippen LogP contribution >= 0.6 is 35.3 Å². The highest BCUT2D eigenvalue weighted by atomic mass is 127. The van der Waals surface area contributed by atoms with Gasteiger partial charge in [-0.25, -0.2) is 9.98 Å². The lowest BCUT2D eigenvalue weighted by Gasteiger charge is -2.35. The van der Waals surface area contributed by atoms with E-state index in [0.29, 0.717) is 6.54 Å². The van der Waals surface area contributed by atoms with Crippen LogP contribution in [-0.4, -0.2) is 48.6 Å². The Kier molecular flexibility index (Phi) is 10.1. The fourth-order valence-electron chi connectivity index (χ4n) is 3.27. The van der Waals surface area contributed by atoms with Crippen molar-refractivity contribution in [1.82, 2.24) is 20.5 Å². The van der Waals surface area contributed by atoms with Crippen LogP contribution in [0, 0.1) is 18.8 Å². The Morgan fingerprint density at radius 3 is 2.62 bits per heavy atom. The number of hydrogen-bond donors (Lipinski definition) is 2. The molecule has 2 heterocycles. The van der Waals surface area contributed by atoms with E-state index in [4.69, 9.17) is 0 Å². The predicted molar refractivity (Wildman–Crippen MR) is 114 cm³/mol. The Morgan fingerprint density at radius 2 is 2.04 bits per heavy atom. The minimum Gasteiger partial charge on any atom is -0.357 e. The molecule has 2 rings (SSSR count). The molecule has 0 aliphatic carbocycles. The highest BCUT2D eigenvalue weighted by molar-refractivity contribution is 14.0. The molecule has 1 aromatic heterocycles. The van der Waals surface area contributed by atoms with E-state index in [2.05, 4.69) is 53.2 Å². The summed E-state index contributed by atoms with van der Waals surface area (Å²) < 4.78 is 0. The van der Waals surface area contributed by atoms with Gasteiger partial charge in [0, 0.05) is 43.8 Å². The quantitative estimate of drug-likeness (QED) is 0.385. The van der Waals surface area contributed by atoms with Gasteiger partial charge in [-0.05, 0) is 32.1 Å². The number of nitrogens with zero attached hydrogens (tertiary/aromatic N) is 3. The molecule has 0 bridgehead atoms. The third-order valence-corrected chi connectivity index (χ3v) is 4.95. The van der Waals surface area contributed by atoms with Gasteiger partial charge in [0.1, 0.15) is 5.01 Å². The monoisotopic (exact) mass is 465 g/mol. The number of piperidine rings is 1. The molecule has 2 atom stereocenters. The maximum Gasteiger partial charge on any atom is 0.191 e. The molecule has 0 saturated carbocycles. The van der Waals surface area contributed by atoms with E-state index in [1.54, 1.807) is 11.3 Å². The van der Waals surface area contributed by atoms with Crippen molar-refractivity contribution in [3.63, 3.8) is 0 Å². The van der Waals surface area contributed by atoms with Crippen LogP contribution < -0.4 is 10.6 Å². The largest absolute Gasteiger partial charge is 0.357 e. The van der Waals surface area contributed by atoms with Crippen molar-refractivity contribution >= 4 is 41.3 Å². The first-order chi connectivity index (χ1) is 11.1. The van der Waals surface area contributed by atoms with E-state index >= 15 is 0 Å². The summed E-state index contributed by atoms with van der Waals surface area (Å²) >= 11 is 1.71. The number of thiazole rings is 1. The van der Waals surface area contributed by atoms with Gasteiger partial charge in [0.2, 0.25) is 0 Å². The van der Waals surface area contributed by atoms with Crippen molar-refractivity contribution in [3.05, 3.63) is 16.1 Å². The van der Waals surface area contributed by atoms with Gasteiger partial charge in [0.15, 0.2) is 5.96 Å². The fourth-order valence-corrected chi connectivity index (χ4v) is 3.98. The second-order valence-electron chi connectivity index (χ2n) is 6.69. The Balaban J connectivity index is 0.00000288. The molecule has 0 spiro atoms. The summed E-state index contributed by atoms with van der Waals surface area (Å²) in [4.78, 5) is 12.8. The first-order valence-electron chi connectivity index (χ1n) is 8.72. The van der Waals surface area contributed by atoms with Crippen molar-refractivity contribution < 1.29 is 0 Å². The average Bonchev–Trinajstić information content (AvgIpc) is 2.89. The number of guanidine groups is 1. The SMILES string of the molecule is CCNC(=NCc1ncc(C)s1)NCCN1CC(C)CC(C)C1.I. The molecule has 0 aromatic carbocycles. The Bertz CT molecular complexity index is 495. The van der Waals surface area contributed by atoms with E-state index in [0.717, 1.165) is 42.4 Å². The molecule has 138 valence electrons. The topological polar surface area (TPSA) is 52.6 Å². The minimum absolute atomic E-state index is 0. The van der Waals surface area contributed by atoms with Gasteiger partial charge in [-0.3, -0.25) is 0 Å². The number of rotatable bonds is 6. The lowest BCUT2D eigenvalue weighted by atomic mass is 9.92.